The topological polar surface area (TPSA) is 29.9 Å². The van der Waals surface area contributed by atoms with Gasteiger partial charge in [-0.2, -0.15) is 5.10 Å². The Bertz CT molecular complexity index is 505. The van der Waals surface area contributed by atoms with E-state index in [1.807, 2.05) is 31.4 Å². The first-order valence-electron chi connectivity index (χ1n) is 5.70. The molecule has 1 heterocycles. The number of hydrogen-bond donors (Lipinski definition) is 1. The van der Waals surface area contributed by atoms with E-state index in [0.29, 0.717) is 0 Å². The maximum absolute atomic E-state index is 6.16. The van der Waals surface area contributed by atoms with Gasteiger partial charge in [0.1, 0.15) is 0 Å². The minimum absolute atomic E-state index is 0.788. The van der Waals surface area contributed by atoms with Crippen LogP contribution in [-0.2, 0) is 13.6 Å². The Morgan fingerprint density at radius 3 is 2.82 bits per heavy atom. The van der Waals surface area contributed by atoms with Crippen LogP contribution < -0.4 is 5.32 Å². The quantitative estimate of drug-likeness (QED) is 0.903. The van der Waals surface area contributed by atoms with Gasteiger partial charge in [-0.05, 0) is 30.3 Å². The molecular weight excluding hydrogens is 234 g/mol. The summed E-state index contributed by atoms with van der Waals surface area (Å²) in [7, 11) is 1.92. The molecule has 0 bridgehead atoms. The molecule has 0 saturated carbocycles. The summed E-state index contributed by atoms with van der Waals surface area (Å²) in [5.74, 6) is 0. The molecule has 0 aliphatic heterocycles. The third-order valence-corrected chi connectivity index (χ3v) is 2.99. The van der Waals surface area contributed by atoms with E-state index in [-0.39, 0.29) is 0 Å². The molecule has 17 heavy (non-hydrogen) atoms. The van der Waals surface area contributed by atoms with E-state index in [1.165, 1.54) is 0 Å². The van der Waals surface area contributed by atoms with Crippen LogP contribution in [0.4, 0.5) is 0 Å². The van der Waals surface area contributed by atoms with Gasteiger partial charge in [0.15, 0.2) is 0 Å². The monoisotopic (exact) mass is 249 g/mol. The van der Waals surface area contributed by atoms with Gasteiger partial charge in [-0.15, -0.1) is 0 Å². The van der Waals surface area contributed by atoms with E-state index in [9.17, 15) is 0 Å². The van der Waals surface area contributed by atoms with Crippen molar-refractivity contribution >= 4 is 11.6 Å². The van der Waals surface area contributed by atoms with Crippen molar-refractivity contribution in [3.05, 3.63) is 41.0 Å². The van der Waals surface area contributed by atoms with Crippen LogP contribution in [0.15, 0.2) is 30.5 Å². The molecule has 1 aromatic heterocycles. The number of nitrogens with one attached hydrogen (secondary N) is 1. The van der Waals surface area contributed by atoms with Gasteiger partial charge in [0, 0.05) is 30.4 Å². The predicted octanol–water partition coefficient (Wildman–Crippen LogP) is 2.85. The molecule has 0 spiro atoms. The molecule has 0 aliphatic carbocycles. The van der Waals surface area contributed by atoms with Crippen LogP contribution >= 0.6 is 11.6 Å². The highest BCUT2D eigenvalue weighted by Crippen LogP contribution is 2.23. The lowest BCUT2D eigenvalue weighted by Gasteiger charge is -2.06. The van der Waals surface area contributed by atoms with Gasteiger partial charge < -0.3 is 5.32 Å². The van der Waals surface area contributed by atoms with Crippen LogP contribution in [0.2, 0.25) is 5.02 Å². The number of rotatable bonds is 4. The largest absolute Gasteiger partial charge is 0.313 e. The molecule has 90 valence electrons. The van der Waals surface area contributed by atoms with Crippen LogP contribution in [0, 0.1) is 0 Å². The molecule has 3 nitrogen and oxygen atoms in total. The summed E-state index contributed by atoms with van der Waals surface area (Å²) in [6, 6.07) is 8.02. The normalized spacial score (nSPS) is 10.8. The smallest absolute Gasteiger partial charge is 0.0923 e. The number of aryl methyl sites for hydroxylation is 1. The third kappa shape index (κ3) is 2.87. The molecular formula is C13H16ClN3. The van der Waals surface area contributed by atoms with Crippen molar-refractivity contribution in [3.63, 3.8) is 0 Å². The molecule has 0 aliphatic rings. The van der Waals surface area contributed by atoms with Crippen molar-refractivity contribution in [1.29, 1.82) is 0 Å². The molecule has 2 rings (SSSR count). The Labute approximate surface area is 106 Å². The number of aromatic nitrogens is 2. The second-order valence-corrected chi connectivity index (χ2v) is 4.37. The van der Waals surface area contributed by atoms with E-state index in [0.717, 1.165) is 34.9 Å². The summed E-state index contributed by atoms with van der Waals surface area (Å²) in [4.78, 5) is 0. The minimum atomic E-state index is 0.788. The molecule has 1 aromatic carbocycles. The molecule has 0 saturated heterocycles. The summed E-state index contributed by atoms with van der Waals surface area (Å²) in [6.45, 7) is 3.80. The fourth-order valence-corrected chi connectivity index (χ4v) is 1.88. The summed E-state index contributed by atoms with van der Waals surface area (Å²) >= 11 is 6.16. The van der Waals surface area contributed by atoms with Crippen molar-refractivity contribution in [3.8, 4) is 11.3 Å². The van der Waals surface area contributed by atoms with E-state index in [2.05, 4.69) is 23.4 Å². The molecule has 0 unspecified atom stereocenters. The lowest BCUT2D eigenvalue weighted by Crippen LogP contribution is -2.12. The average molecular weight is 250 g/mol. The first kappa shape index (κ1) is 12.1. The van der Waals surface area contributed by atoms with Gasteiger partial charge in [-0.25, -0.2) is 0 Å². The molecule has 2 aromatic rings. The van der Waals surface area contributed by atoms with Gasteiger partial charge >= 0.3 is 0 Å². The predicted molar refractivity (Wildman–Crippen MR) is 71.0 cm³/mol. The zero-order valence-corrected chi connectivity index (χ0v) is 10.8. The fourth-order valence-electron chi connectivity index (χ4n) is 1.70. The Balaban J connectivity index is 2.30. The summed E-state index contributed by atoms with van der Waals surface area (Å²) in [5, 5.41) is 8.46. The highest BCUT2D eigenvalue weighted by atomic mass is 35.5. The van der Waals surface area contributed by atoms with Gasteiger partial charge in [0.25, 0.3) is 0 Å². The molecule has 0 fully saturated rings. The van der Waals surface area contributed by atoms with Gasteiger partial charge in [0.2, 0.25) is 0 Å². The average Bonchev–Trinajstić information content (AvgIpc) is 2.75. The standard InChI is InChI=1S/C13H16ClN3/c1-3-15-9-11-8-10(4-5-12(11)14)13-6-7-17(2)16-13/h4-8,15H,3,9H2,1-2H3. The van der Waals surface area contributed by atoms with Crippen LogP contribution in [-0.4, -0.2) is 16.3 Å². The Kier molecular flexibility index (Phi) is 3.82. The van der Waals surface area contributed by atoms with Gasteiger partial charge in [-0.1, -0.05) is 24.6 Å². The highest BCUT2D eigenvalue weighted by molar-refractivity contribution is 6.31. The zero-order chi connectivity index (χ0) is 12.3. The lowest BCUT2D eigenvalue weighted by atomic mass is 10.1. The second kappa shape index (κ2) is 5.34. The fraction of sp³-hybridized carbons (Fsp3) is 0.308. The highest BCUT2D eigenvalue weighted by Gasteiger charge is 2.05. The van der Waals surface area contributed by atoms with Crippen molar-refractivity contribution in [2.24, 2.45) is 7.05 Å². The molecule has 4 heteroatoms. The maximum atomic E-state index is 6.16. The summed E-state index contributed by atoms with van der Waals surface area (Å²) in [6.07, 6.45) is 1.94. The molecule has 0 atom stereocenters. The van der Waals surface area contributed by atoms with Gasteiger partial charge in [0.05, 0.1) is 5.69 Å². The zero-order valence-electron chi connectivity index (χ0n) is 10.1. The van der Waals surface area contributed by atoms with Crippen molar-refractivity contribution in [1.82, 2.24) is 15.1 Å². The minimum Gasteiger partial charge on any atom is -0.313 e. The summed E-state index contributed by atoms with van der Waals surface area (Å²) in [5.41, 5.74) is 3.18. The Morgan fingerprint density at radius 1 is 1.35 bits per heavy atom. The van der Waals surface area contributed by atoms with Crippen LogP contribution in [0.25, 0.3) is 11.3 Å². The molecule has 0 radical (unpaired) electrons. The number of benzene rings is 1. The van der Waals surface area contributed by atoms with E-state index in [4.69, 9.17) is 11.6 Å². The van der Waals surface area contributed by atoms with Crippen LogP contribution in [0.1, 0.15) is 12.5 Å². The van der Waals surface area contributed by atoms with Crippen LogP contribution in [0.3, 0.4) is 0 Å². The number of hydrogen-bond acceptors (Lipinski definition) is 2. The number of nitrogens with zero attached hydrogens (tertiary/aromatic N) is 2. The Hall–Kier alpha value is -1.32. The second-order valence-electron chi connectivity index (χ2n) is 3.96. The van der Waals surface area contributed by atoms with Gasteiger partial charge in [-0.3, -0.25) is 4.68 Å². The van der Waals surface area contributed by atoms with Crippen molar-refractivity contribution < 1.29 is 0 Å². The van der Waals surface area contributed by atoms with E-state index < -0.39 is 0 Å². The third-order valence-electron chi connectivity index (χ3n) is 2.62. The van der Waals surface area contributed by atoms with E-state index >= 15 is 0 Å². The maximum Gasteiger partial charge on any atom is 0.0923 e. The Morgan fingerprint density at radius 2 is 2.18 bits per heavy atom. The van der Waals surface area contributed by atoms with Crippen molar-refractivity contribution in [2.75, 3.05) is 6.54 Å². The van der Waals surface area contributed by atoms with Crippen molar-refractivity contribution in [2.45, 2.75) is 13.5 Å². The first-order valence-corrected chi connectivity index (χ1v) is 6.07. The van der Waals surface area contributed by atoms with E-state index in [1.54, 1.807) is 4.68 Å². The molecule has 1 N–H and O–H groups in total. The molecule has 0 amide bonds. The first-order chi connectivity index (χ1) is 8.20. The number of halogens is 1. The lowest BCUT2D eigenvalue weighted by molar-refractivity contribution is 0.727. The SMILES string of the molecule is CCNCc1cc(-c2ccn(C)n2)ccc1Cl. The summed E-state index contributed by atoms with van der Waals surface area (Å²) < 4.78 is 1.80. The van der Waals surface area contributed by atoms with Crippen LogP contribution in [0.5, 0.6) is 0 Å².